The Morgan fingerprint density at radius 2 is 1.96 bits per heavy atom. The van der Waals surface area contributed by atoms with Crippen molar-refractivity contribution >= 4 is 11.9 Å². The highest BCUT2D eigenvalue weighted by molar-refractivity contribution is 5.69. The minimum absolute atomic E-state index is 0.0661. The number of fused-ring (bicyclic) bond motifs is 4. The number of nitrogens with zero attached hydrogens (tertiary/aromatic N) is 2. The first-order valence-corrected chi connectivity index (χ1v) is 7.76. The van der Waals surface area contributed by atoms with Gasteiger partial charge in [-0.1, -0.05) is 0 Å². The minimum atomic E-state index is -0.562. The van der Waals surface area contributed by atoms with E-state index in [2.05, 4.69) is 10.3 Å². The molecule has 126 valence electrons. The monoisotopic (exact) mass is 322 g/mol. The molecule has 1 amide bonds. The third-order valence-electron chi connectivity index (χ3n) is 4.27. The molecule has 2 bridgehead atoms. The molecule has 1 fully saturated rings. The van der Waals surface area contributed by atoms with E-state index >= 15 is 0 Å². The van der Waals surface area contributed by atoms with E-state index in [4.69, 9.17) is 4.74 Å². The number of rotatable bonds is 0. The average Bonchev–Trinajstić information content (AvgIpc) is 2.71. The molecule has 3 rings (SSSR count). The Kier molecular flexibility index (Phi) is 3.50. The van der Waals surface area contributed by atoms with Gasteiger partial charge in [0.2, 0.25) is 0 Å². The molecule has 0 radical (unpaired) electrons. The molecule has 23 heavy (non-hydrogen) atoms. The van der Waals surface area contributed by atoms with E-state index in [0.717, 1.165) is 0 Å². The number of carbonyl (C=O) groups excluding carboxylic acids is 1. The zero-order chi connectivity index (χ0) is 16.9. The summed E-state index contributed by atoms with van der Waals surface area (Å²) in [6.07, 6.45) is 0.286. The number of hydrogen-bond donors (Lipinski definition) is 2. The number of likely N-dealkylation sites (tertiary alicyclic amines) is 1. The van der Waals surface area contributed by atoms with Crippen LogP contribution in [0.15, 0.2) is 9.59 Å². The summed E-state index contributed by atoms with van der Waals surface area (Å²) >= 11 is 0. The lowest BCUT2D eigenvalue weighted by atomic mass is 10.2. The van der Waals surface area contributed by atoms with E-state index in [1.165, 1.54) is 0 Å². The first kappa shape index (κ1) is 15.6. The Labute approximate surface area is 133 Å². The summed E-state index contributed by atoms with van der Waals surface area (Å²) in [5.74, 6) is 0.551. The van der Waals surface area contributed by atoms with Crippen LogP contribution in [0.2, 0.25) is 0 Å². The van der Waals surface area contributed by atoms with E-state index < -0.39 is 11.3 Å². The second kappa shape index (κ2) is 5.14. The van der Waals surface area contributed by atoms with Gasteiger partial charge in [0.15, 0.2) is 0 Å². The summed E-state index contributed by atoms with van der Waals surface area (Å²) in [4.78, 5) is 40.3. The summed E-state index contributed by atoms with van der Waals surface area (Å²) in [6, 6.07) is -0.232. The van der Waals surface area contributed by atoms with Crippen LogP contribution in [-0.2, 0) is 4.74 Å². The Balaban J connectivity index is 1.94. The van der Waals surface area contributed by atoms with E-state index in [-0.39, 0.29) is 23.7 Å². The van der Waals surface area contributed by atoms with E-state index in [0.29, 0.717) is 30.9 Å². The van der Waals surface area contributed by atoms with Crippen molar-refractivity contribution in [2.75, 3.05) is 18.4 Å². The van der Waals surface area contributed by atoms with Crippen molar-refractivity contribution in [1.82, 2.24) is 14.5 Å². The second-order valence-electron chi connectivity index (χ2n) is 7.16. The number of H-pyrrole nitrogens is 1. The summed E-state index contributed by atoms with van der Waals surface area (Å²) in [5, 5.41) is 3.15. The largest absolute Gasteiger partial charge is 0.444 e. The number of aromatic nitrogens is 2. The molecule has 1 aromatic rings. The number of ether oxygens (including phenoxy) is 1. The van der Waals surface area contributed by atoms with Crippen LogP contribution in [-0.4, -0.2) is 45.3 Å². The molecule has 1 aromatic heterocycles. The Morgan fingerprint density at radius 1 is 1.26 bits per heavy atom. The standard InChI is InChI=1S/C15H22N4O4/c1-8-11-16-6-9-5-10(19(11)13(21)17-12(8)20)7-18(9)14(22)23-15(2,3)4/h9-10,16H,5-7H2,1-4H3,(H,17,20,21)/t9-,10-/m1/s1. The van der Waals surface area contributed by atoms with Crippen molar-refractivity contribution in [1.29, 1.82) is 0 Å². The van der Waals surface area contributed by atoms with Crippen molar-refractivity contribution in [3.05, 3.63) is 26.4 Å². The zero-order valence-corrected chi connectivity index (χ0v) is 13.8. The van der Waals surface area contributed by atoms with Gasteiger partial charge in [-0.25, -0.2) is 9.59 Å². The number of nitrogens with one attached hydrogen (secondary N) is 2. The lowest BCUT2D eigenvalue weighted by Gasteiger charge is -2.30. The van der Waals surface area contributed by atoms with Gasteiger partial charge in [-0.15, -0.1) is 0 Å². The normalized spacial score (nSPS) is 23.0. The molecular formula is C15H22N4O4. The van der Waals surface area contributed by atoms with Crippen LogP contribution < -0.4 is 16.6 Å². The number of amides is 1. The molecule has 0 aromatic carbocycles. The molecule has 2 atom stereocenters. The third kappa shape index (κ3) is 2.73. The van der Waals surface area contributed by atoms with Gasteiger partial charge in [0.05, 0.1) is 17.6 Å². The Hall–Kier alpha value is -2.25. The predicted octanol–water partition coefficient (Wildman–Crippen LogP) is 0.821. The molecule has 0 aliphatic carbocycles. The van der Waals surface area contributed by atoms with Gasteiger partial charge < -0.3 is 15.0 Å². The summed E-state index contributed by atoms with van der Waals surface area (Å²) in [7, 11) is 0. The first-order valence-electron chi connectivity index (χ1n) is 7.76. The van der Waals surface area contributed by atoms with Crippen LogP contribution in [0.4, 0.5) is 10.6 Å². The first-order chi connectivity index (χ1) is 10.7. The Bertz CT molecular complexity index is 758. The SMILES string of the molecule is Cc1c2n(c(=O)[nH]c1=O)[C@@H]1C[C@H](CN2)N(C(=O)OC(C)(C)C)C1. The predicted molar refractivity (Wildman–Crippen MR) is 84.9 cm³/mol. The average molecular weight is 322 g/mol. The smallest absolute Gasteiger partial charge is 0.410 e. The maximum Gasteiger partial charge on any atom is 0.410 e. The highest BCUT2D eigenvalue weighted by Crippen LogP contribution is 2.33. The lowest BCUT2D eigenvalue weighted by Crippen LogP contribution is -2.45. The molecule has 0 saturated carbocycles. The van der Waals surface area contributed by atoms with E-state index in [1.807, 2.05) is 20.8 Å². The second-order valence-corrected chi connectivity index (χ2v) is 7.16. The Morgan fingerprint density at radius 3 is 2.61 bits per heavy atom. The molecule has 8 heteroatoms. The topological polar surface area (TPSA) is 96.4 Å². The molecule has 2 N–H and O–H groups in total. The fourth-order valence-electron chi connectivity index (χ4n) is 3.24. The lowest BCUT2D eigenvalue weighted by molar-refractivity contribution is 0.0228. The van der Waals surface area contributed by atoms with Gasteiger partial charge in [0.1, 0.15) is 11.4 Å². The quantitative estimate of drug-likeness (QED) is 0.737. The van der Waals surface area contributed by atoms with Crippen molar-refractivity contribution in [3.63, 3.8) is 0 Å². The molecule has 2 aliphatic heterocycles. The molecule has 8 nitrogen and oxygen atoms in total. The number of hydrogen-bond acceptors (Lipinski definition) is 5. The molecule has 0 spiro atoms. The fourth-order valence-corrected chi connectivity index (χ4v) is 3.24. The van der Waals surface area contributed by atoms with Gasteiger partial charge >= 0.3 is 11.8 Å². The third-order valence-corrected chi connectivity index (χ3v) is 4.27. The molecule has 0 unspecified atom stereocenters. The van der Waals surface area contributed by atoms with Crippen LogP contribution >= 0.6 is 0 Å². The molecule has 3 heterocycles. The van der Waals surface area contributed by atoms with Crippen LogP contribution in [0, 0.1) is 6.92 Å². The van der Waals surface area contributed by atoms with Crippen LogP contribution in [0.25, 0.3) is 0 Å². The number of anilines is 1. The van der Waals surface area contributed by atoms with Gasteiger partial charge in [-0.3, -0.25) is 14.3 Å². The van der Waals surface area contributed by atoms with Crippen molar-refractivity contribution in [3.8, 4) is 0 Å². The van der Waals surface area contributed by atoms with Gasteiger partial charge in [0, 0.05) is 13.1 Å². The van der Waals surface area contributed by atoms with E-state index in [9.17, 15) is 14.4 Å². The number of carbonyl (C=O) groups is 1. The van der Waals surface area contributed by atoms with Crippen LogP contribution in [0.1, 0.15) is 38.8 Å². The van der Waals surface area contributed by atoms with Crippen molar-refractivity contribution in [2.24, 2.45) is 0 Å². The maximum atomic E-state index is 12.4. The highest BCUT2D eigenvalue weighted by Gasteiger charge is 2.41. The van der Waals surface area contributed by atoms with Crippen LogP contribution in [0.5, 0.6) is 0 Å². The van der Waals surface area contributed by atoms with Crippen LogP contribution in [0.3, 0.4) is 0 Å². The highest BCUT2D eigenvalue weighted by atomic mass is 16.6. The summed E-state index contributed by atoms with van der Waals surface area (Å²) < 4.78 is 7.00. The molecular weight excluding hydrogens is 300 g/mol. The van der Waals surface area contributed by atoms with Gasteiger partial charge in [-0.2, -0.15) is 0 Å². The van der Waals surface area contributed by atoms with E-state index in [1.54, 1.807) is 16.4 Å². The van der Waals surface area contributed by atoms with Gasteiger partial charge in [0.25, 0.3) is 5.56 Å². The summed E-state index contributed by atoms with van der Waals surface area (Å²) in [5.41, 5.74) is -0.898. The van der Waals surface area contributed by atoms with Gasteiger partial charge in [-0.05, 0) is 34.1 Å². The minimum Gasteiger partial charge on any atom is -0.444 e. The zero-order valence-electron chi connectivity index (χ0n) is 13.8. The maximum absolute atomic E-state index is 12.4. The summed E-state index contributed by atoms with van der Waals surface area (Å²) in [6.45, 7) is 8.04. The molecule has 2 aliphatic rings. The molecule has 1 saturated heterocycles. The number of aromatic amines is 1. The fraction of sp³-hybridized carbons (Fsp3) is 0.667. The van der Waals surface area contributed by atoms with Crippen molar-refractivity contribution < 1.29 is 9.53 Å². The van der Waals surface area contributed by atoms with Crippen molar-refractivity contribution in [2.45, 2.75) is 51.8 Å².